The first-order valence-electron chi connectivity index (χ1n) is 9.64. The smallest absolute Gasteiger partial charge is 0.323 e. The minimum absolute atomic E-state index is 0.108. The zero-order valence-corrected chi connectivity index (χ0v) is 16.3. The number of hydrogen-bond donors (Lipinski definition) is 1. The Balaban J connectivity index is 1.47. The monoisotopic (exact) mass is 414 g/mol. The maximum Gasteiger partial charge on any atom is 0.325 e. The zero-order chi connectivity index (χ0) is 21.5. The third kappa shape index (κ3) is 3.55. The molecule has 0 bridgehead atoms. The molecule has 0 atom stereocenters. The summed E-state index contributed by atoms with van der Waals surface area (Å²) < 4.78 is 26.9. The summed E-state index contributed by atoms with van der Waals surface area (Å²) in [6.45, 7) is 1.38. The summed E-state index contributed by atoms with van der Waals surface area (Å²) in [6.07, 6.45) is 1.98. The van der Waals surface area contributed by atoms with Crippen LogP contribution in [0.1, 0.15) is 41.9 Å². The Kier molecular flexibility index (Phi) is 4.83. The first kappa shape index (κ1) is 20.1. The fraction of sp³-hybridized carbons (Fsp3) is 0.381. The van der Waals surface area contributed by atoms with Crippen LogP contribution in [0.2, 0.25) is 0 Å². The van der Waals surface area contributed by atoms with Crippen LogP contribution in [0.5, 0.6) is 0 Å². The van der Waals surface area contributed by atoms with Crippen molar-refractivity contribution in [2.75, 3.05) is 6.54 Å². The number of pyridine rings is 2. The topological polar surface area (TPSA) is 92.3 Å². The lowest BCUT2D eigenvalue weighted by molar-refractivity contribution is -0.135. The number of carbonyl (C=O) groups excluding carboxylic acids is 3. The van der Waals surface area contributed by atoms with Crippen molar-refractivity contribution < 1.29 is 23.2 Å². The summed E-state index contributed by atoms with van der Waals surface area (Å²) in [7, 11) is 0. The normalized spacial score (nSPS) is 19.8. The highest BCUT2D eigenvalue weighted by atomic mass is 19.3. The van der Waals surface area contributed by atoms with E-state index in [1.807, 2.05) is 13.0 Å². The van der Waals surface area contributed by atoms with Gasteiger partial charge in [-0.15, -0.1) is 0 Å². The van der Waals surface area contributed by atoms with Gasteiger partial charge in [0.25, 0.3) is 5.91 Å². The van der Waals surface area contributed by atoms with E-state index in [2.05, 4.69) is 15.3 Å². The van der Waals surface area contributed by atoms with E-state index in [-0.39, 0.29) is 18.5 Å². The second-order valence-corrected chi connectivity index (χ2v) is 7.75. The largest absolute Gasteiger partial charge is 0.325 e. The van der Waals surface area contributed by atoms with Gasteiger partial charge in [0.15, 0.2) is 0 Å². The quantitative estimate of drug-likeness (QED) is 0.613. The average molecular weight is 414 g/mol. The number of alkyl halides is 2. The van der Waals surface area contributed by atoms with Crippen LogP contribution in [-0.4, -0.2) is 50.6 Å². The van der Waals surface area contributed by atoms with Gasteiger partial charge in [-0.25, -0.2) is 13.6 Å². The van der Waals surface area contributed by atoms with Gasteiger partial charge in [-0.05, 0) is 31.9 Å². The fourth-order valence-electron chi connectivity index (χ4n) is 3.93. The van der Waals surface area contributed by atoms with Crippen LogP contribution in [0, 0.1) is 6.92 Å². The lowest BCUT2D eigenvalue weighted by atomic mass is 9.80. The molecule has 0 radical (unpaired) electrons. The zero-order valence-electron chi connectivity index (χ0n) is 16.3. The minimum atomic E-state index is -2.84. The number of rotatable bonds is 4. The maximum absolute atomic E-state index is 13.5. The highest BCUT2D eigenvalue weighted by Gasteiger charge is 2.55. The minimum Gasteiger partial charge on any atom is -0.323 e. The van der Waals surface area contributed by atoms with E-state index in [1.54, 1.807) is 18.3 Å². The second kappa shape index (κ2) is 7.23. The molecule has 7 nitrogen and oxygen atoms in total. The van der Waals surface area contributed by atoms with E-state index in [1.165, 1.54) is 12.3 Å². The SMILES string of the molecule is Cc1ncccc1-c1ccc(C(=O)CN2C(=O)NC3(CCC(F)(F)CC3)C2=O)nc1. The van der Waals surface area contributed by atoms with Crippen LogP contribution < -0.4 is 5.32 Å². The lowest BCUT2D eigenvalue weighted by Gasteiger charge is -2.34. The molecule has 1 N–H and O–H groups in total. The Morgan fingerprint density at radius 2 is 1.87 bits per heavy atom. The third-order valence-corrected chi connectivity index (χ3v) is 5.75. The highest BCUT2D eigenvalue weighted by Crippen LogP contribution is 2.41. The van der Waals surface area contributed by atoms with Crippen LogP contribution in [0.4, 0.5) is 13.6 Å². The maximum atomic E-state index is 13.5. The molecule has 2 aromatic rings. The summed E-state index contributed by atoms with van der Waals surface area (Å²) >= 11 is 0. The number of carbonyl (C=O) groups is 3. The summed E-state index contributed by atoms with van der Waals surface area (Å²) in [5.74, 6) is -3.97. The molecule has 2 aromatic heterocycles. The van der Waals surface area contributed by atoms with E-state index in [0.717, 1.165) is 21.7 Å². The summed E-state index contributed by atoms with van der Waals surface area (Å²) in [6, 6.07) is 6.21. The number of nitrogens with zero attached hydrogens (tertiary/aromatic N) is 3. The number of hydrogen-bond acceptors (Lipinski definition) is 5. The number of ketones is 1. The number of halogens is 2. The van der Waals surface area contributed by atoms with Gasteiger partial charge in [0.05, 0.1) is 6.54 Å². The lowest BCUT2D eigenvalue weighted by Crippen LogP contribution is -2.51. The molecule has 156 valence electrons. The van der Waals surface area contributed by atoms with Gasteiger partial charge in [-0.1, -0.05) is 12.1 Å². The Hall–Kier alpha value is -3.23. The molecule has 3 heterocycles. The van der Waals surface area contributed by atoms with Gasteiger partial charge in [0, 0.05) is 42.1 Å². The molecule has 9 heteroatoms. The average Bonchev–Trinajstić information content (AvgIpc) is 2.95. The Labute approximate surface area is 171 Å². The van der Waals surface area contributed by atoms with Crippen molar-refractivity contribution in [3.8, 4) is 11.1 Å². The van der Waals surface area contributed by atoms with Crippen molar-refractivity contribution in [3.05, 3.63) is 48.0 Å². The molecule has 1 saturated carbocycles. The Morgan fingerprint density at radius 3 is 2.50 bits per heavy atom. The molecule has 4 rings (SSSR count). The molecule has 1 aliphatic carbocycles. The van der Waals surface area contributed by atoms with Crippen molar-refractivity contribution in [1.29, 1.82) is 0 Å². The van der Waals surface area contributed by atoms with Crippen molar-refractivity contribution in [1.82, 2.24) is 20.2 Å². The molecule has 1 spiro atoms. The molecule has 2 aliphatic rings. The molecular weight excluding hydrogens is 394 g/mol. The van der Waals surface area contributed by atoms with E-state index in [4.69, 9.17) is 0 Å². The van der Waals surface area contributed by atoms with E-state index in [0.29, 0.717) is 0 Å². The summed E-state index contributed by atoms with van der Waals surface area (Å²) in [4.78, 5) is 46.8. The Bertz CT molecular complexity index is 1010. The first-order valence-corrected chi connectivity index (χ1v) is 9.64. The number of aryl methyl sites for hydroxylation is 1. The standard InChI is InChI=1S/C21H20F2N4O3/c1-13-15(3-2-10-24-13)14-4-5-16(25-11-14)17(28)12-27-18(29)20(26-19(27)30)6-8-21(22,23)9-7-20/h2-5,10-11H,6-9,12H2,1H3,(H,26,30). The Morgan fingerprint density at radius 1 is 1.13 bits per heavy atom. The summed E-state index contributed by atoms with van der Waals surface area (Å²) in [5.41, 5.74) is 1.26. The van der Waals surface area contributed by atoms with E-state index in [9.17, 15) is 23.2 Å². The van der Waals surface area contributed by atoms with Gasteiger partial charge in [0.2, 0.25) is 11.7 Å². The number of amides is 3. The van der Waals surface area contributed by atoms with Gasteiger partial charge in [0.1, 0.15) is 11.2 Å². The third-order valence-electron chi connectivity index (χ3n) is 5.75. The summed E-state index contributed by atoms with van der Waals surface area (Å²) in [5, 5.41) is 2.53. The van der Waals surface area contributed by atoms with Crippen molar-refractivity contribution in [2.45, 2.75) is 44.1 Å². The van der Waals surface area contributed by atoms with Crippen LogP contribution in [0.3, 0.4) is 0 Å². The molecule has 0 aromatic carbocycles. The van der Waals surface area contributed by atoms with Crippen molar-refractivity contribution in [2.24, 2.45) is 0 Å². The van der Waals surface area contributed by atoms with E-state index < -0.39 is 48.6 Å². The molecular formula is C21H20F2N4O3. The fourth-order valence-corrected chi connectivity index (χ4v) is 3.93. The van der Waals surface area contributed by atoms with Gasteiger partial charge < -0.3 is 5.32 Å². The van der Waals surface area contributed by atoms with Gasteiger partial charge in [-0.3, -0.25) is 24.5 Å². The van der Waals surface area contributed by atoms with Crippen LogP contribution in [-0.2, 0) is 4.79 Å². The molecule has 0 unspecified atom stereocenters. The second-order valence-electron chi connectivity index (χ2n) is 7.75. The highest BCUT2D eigenvalue weighted by molar-refractivity contribution is 6.10. The predicted octanol–water partition coefficient (Wildman–Crippen LogP) is 3.13. The van der Waals surface area contributed by atoms with Crippen LogP contribution in [0.25, 0.3) is 11.1 Å². The van der Waals surface area contributed by atoms with Crippen molar-refractivity contribution >= 4 is 17.7 Å². The van der Waals surface area contributed by atoms with Crippen LogP contribution >= 0.6 is 0 Å². The number of urea groups is 1. The molecule has 3 amide bonds. The van der Waals surface area contributed by atoms with Crippen molar-refractivity contribution in [3.63, 3.8) is 0 Å². The number of nitrogens with one attached hydrogen (secondary N) is 1. The molecule has 2 fully saturated rings. The molecule has 30 heavy (non-hydrogen) atoms. The van der Waals surface area contributed by atoms with Gasteiger partial charge in [-0.2, -0.15) is 0 Å². The first-order chi connectivity index (χ1) is 14.2. The van der Waals surface area contributed by atoms with Crippen LogP contribution in [0.15, 0.2) is 36.7 Å². The van der Waals surface area contributed by atoms with E-state index >= 15 is 0 Å². The number of imide groups is 1. The molecule has 1 saturated heterocycles. The number of Topliss-reactive ketones (excluding diaryl/α,β-unsaturated/α-hetero) is 1. The van der Waals surface area contributed by atoms with Gasteiger partial charge >= 0.3 is 6.03 Å². The predicted molar refractivity (Wildman–Crippen MR) is 103 cm³/mol. The molecule has 1 aliphatic heterocycles. The number of aromatic nitrogens is 2.